The van der Waals surface area contributed by atoms with Crippen LogP contribution in [0.1, 0.15) is 38.2 Å². The second kappa shape index (κ2) is 7.98. The van der Waals surface area contributed by atoms with Crippen molar-refractivity contribution in [2.75, 3.05) is 11.9 Å². The van der Waals surface area contributed by atoms with E-state index in [-0.39, 0.29) is 35.5 Å². The molecule has 2 rings (SSSR count). The quantitative estimate of drug-likeness (QED) is 0.412. The average Bonchev–Trinajstić information content (AvgIpc) is 2.43. The van der Waals surface area contributed by atoms with E-state index in [1.165, 1.54) is 5.56 Å². The smallest absolute Gasteiger partial charge is 0.193 e. The molecular weight excluding hydrogens is 377 g/mol. The number of nitrogens with zero attached hydrogens (tertiary/aromatic N) is 1. The molecule has 2 unspecified atom stereocenters. The minimum absolute atomic E-state index is 0. The van der Waals surface area contributed by atoms with Crippen molar-refractivity contribution in [3.63, 3.8) is 0 Å². The lowest BCUT2D eigenvalue weighted by molar-refractivity contribution is 0.00724. The van der Waals surface area contributed by atoms with Crippen LogP contribution in [0.15, 0.2) is 29.3 Å². The number of benzene rings is 1. The molecule has 0 bridgehead atoms. The zero-order valence-corrected chi connectivity index (χ0v) is 15.1. The first-order valence-electron chi connectivity index (χ1n) is 7.31. The molecule has 1 fully saturated rings. The van der Waals surface area contributed by atoms with Crippen LogP contribution in [0.3, 0.4) is 0 Å². The molecule has 0 amide bonds. The van der Waals surface area contributed by atoms with Gasteiger partial charge in [0.1, 0.15) is 0 Å². The van der Waals surface area contributed by atoms with Crippen LogP contribution in [0.5, 0.6) is 0 Å². The fourth-order valence-corrected chi connectivity index (χ4v) is 2.66. The van der Waals surface area contributed by atoms with Gasteiger partial charge in [0.2, 0.25) is 0 Å². The maximum absolute atomic E-state index is 10.1. The molecule has 21 heavy (non-hydrogen) atoms. The van der Waals surface area contributed by atoms with Crippen LogP contribution in [-0.4, -0.2) is 23.7 Å². The van der Waals surface area contributed by atoms with Gasteiger partial charge in [-0.25, -0.2) is 0 Å². The summed E-state index contributed by atoms with van der Waals surface area (Å²) in [6.07, 6.45) is 3.88. The van der Waals surface area contributed by atoms with Crippen molar-refractivity contribution in [1.82, 2.24) is 0 Å². The number of aliphatic imine (C=N–C) groups is 1. The monoisotopic (exact) mass is 403 g/mol. The van der Waals surface area contributed by atoms with Gasteiger partial charge in [-0.3, -0.25) is 4.99 Å². The molecule has 0 spiro atoms. The van der Waals surface area contributed by atoms with Gasteiger partial charge in [0, 0.05) is 11.1 Å². The Hall–Kier alpha value is -0.820. The van der Waals surface area contributed by atoms with E-state index in [9.17, 15) is 5.11 Å². The van der Waals surface area contributed by atoms with Crippen LogP contribution in [0, 0.1) is 12.3 Å². The number of hydrogen-bond donors (Lipinski definition) is 3. The van der Waals surface area contributed by atoms with Crippen LogP contribution in [0.2, 0.25) is 0 Å². The van der Waals surface area contributed by atoms with Crippen molar-refractivity contribution < 1.29 is 5.11 Å². The van der Waals surface area contributed by atoms with Gasteiger partial charge in [0.05, 0.1) is 12.6 Å². The predicted molar refractivity (Wildman–Crippen MR) is 99.3 cm³/mol. The molecule has 2 atom stereocenters. The van der Waals surface area contributed by atoms with Gasteiger partial charge in [-0.1, -0.05) is 37.5 Å². The van der Waals surface area contributed by atoms with E-state index in [0.29, 0.717) is 12.5 Å². The Bertz CT molecular complexity index is 475. The summed E-state index contributed by atoms with van der Waals surface area (Å²) in [5, 5.41) is 13.2. The van der Waals surface area contributed by atoms with Crippen LogP contribution in [0.25, 0.3) is 0 Å². The number of guanidine groups is 1. The van der Waals surface area contributed by atoms with E-state index in [4.69, 9.17) is 5.73 Å². The van der Waals surface area contributed by atoms with Gasteiger partial charge in [-0.05, 0) is 31.9 Å². The maximum atomic E-state index is 10.1. The van der Waals surface area contributed by atoms with Crippen LogP contribution >= 0.6 is 24.0 Å². The van der Waals surface area contributed by atoms with E-state index in [0.717, 1.165) is 31.4 Å². The number of hydrogen-bond acceptors (Lipinski definition) is 2. The number of aliphatic hydroxyl groups is 1. The molecule has 1 aromatic rings. The van der Waals surface area contributed by atoms with Crippen molar-refractivity contribution in [1.29, 1.82) is 0 Å². The first-order valence-corrected chi connectivity index (χ1v) is 7.31. The number of aryl methyl sites for hydroxylation is 1. The van der Waals surface area contributed by atoms with Crippen molar-refractivity contribution in [3.05, 3.63) is 29.8 Å². The number of nitrogens with two attached hydrogens (primary N) is 1. The normalized spacial score (nSPS) is 26.0. The SMILES string of the molecule is Cc1ccc(NC(N)=NCC2(C)CCCCC2O)cc1.I. The molecule has 0 aliphatic heterocycles. The van der Waals surface area contributed by atoms with Gasteiger partial charge in [0.15, 0.2) is 5.96 Å². The lowest BCUT2D eigenvalue weighted by atomic mass is 9.73. The summed E-state index contributed by atoms with van der Waals surface area (Å²) in [6, 6.07) is 8.02. The number of anilines is 1. The van der Waals surface area contributed by atoms with Gasteiger partial charge in [-0.2, -0.15) is 0 Å². The third kappa shape index (κ3) is 5.14. The van der Waals surface area contributed by atoms with Crippen LogP contribution in [0.4, 0.5) is 5.69 Å². The highest BCUT2D eigenvalue weighted by atomic mass is 127. The minimum Gasteiger partial charge on any atom is -0.392 e. The molecule has 5 heteroatoms. The van der Waals surface area contributed by atoms with E-state index in [2.05, 4.69) is 17.2 Å². The van der Waals surface area contributed by atoms with Crippen LogP contribution in [-0.2, 0) is 0 Å². The number of nitrogens with one attached hydrogen (secondary N) is 1. The molecule has 1 aromatic carbocycles. The molecule has 1 saturated carbocycles. The summed E-state index contributed by atoms with van der Waals surface area (Å²) in [7, 11) is 0. The Kier molecular flexibility index (Phi) is 6.93. The van der Waals surface area contributed by atoms with E-state index < -0.39 is 0 Å². The summed E-state index contributed by atoms with van der Waals surface area (Å²) in [4.78, 5) is 4.41. The lowest BCUT2D eigenvalue weighted by Gasteiger charge is -2.37. The second-order valence-corrected chi connectivity index (χ2v) is 6.11. The van der Waals surface area contributed by atoms with Crippen molar-refractivity contribution in [3.8, 4) is 0 Å². The summed E-state index contributed by atoms with van der Waals surface area (Å²) in [5.41, 5.74) is 7.93. The molecule has 4 nitrogen and oxygen atoms in total. The molecular formula is C16H26IN3O. The van der Waals surface area contributed by atoms with Crippen molar-refractivity contribution in [2.45, 2.75) is 45.6 Å². The fourth-order valence-electron chi connectivity index (χ4n) is 2.66. The Morgan fingerprint density at radius 1 is 1.38 bits per heavy atom. The van der Waals surface area contributed by atoms with Crippen molar-refractivity contribution >= 4 is 35.6 Å². The Labute approximate surface area is 144 Å². The van der Waals surface area contributed by atoms with Gasteiger partial charge < -0.3 is 16.2 Å². The summed E-state index contributed by atoms with van der Waals surface area (Å²) in [5.74, 6) is 0.410. The molecule has 0 radical (unpaired) electrons. The number of rotatable bonds is 3. The number of halogens is 1. The summed E-state index contributed by atoms with van der Waals surface area (Å²) in [6.45, 7) is 4.71. The van der Waals surface area contributed by atoms with Crippen LogP contribution < -0.4 is 11.1 Å². The van der Waals surface area contributed by atoms with Gasteiger partial charge in [0.25, 0.3) is 0 Å². The topological polar surface area (TPSA) is 70.6 Å². The predicted octanol–water partition coefficient (Wildman–Crippen LogP) is 3.28. The Morgan fingerprint density at radius 3 is 2.67 bits per heavy atom. The lowest BCUT2D eigenvalue weighted by Crippen LogP contribution is -2.39. The minimum atomic E-state index is -0.271. The zero-order valence-electron chi connectivity index (χ0n) is 12.8. The molecule has 0 aromatic heterocycles. The average molecular weight is 403 g/mol. The second-order valence-electron chi connectivity index (χ2n) is 6.11. The maximum Gasteiger partial charge on any atom is 0.193 e. The van der Waals surface area contributed by atoms with E-state index in [1.807, 2.05) is 31.2 Å². The first kappa shape index (κ1) is 18.2. The molecule has 0 heterocycles. The van der Waals surface area contributed by atoms with E-state index in [1.54, 1.807) is 0 Å². The summed E-state index contributed by atoms with van der Waals surface area (Å²) < 4.78 is 0. The largest absolute Gasteiger partial charge is 0.392 e. The fraction of sp³-hybridized carbons (Fsp3) is 0.562. The van der Waals surface area contributed by atoms with Gasteiger partial charge in [-0.15, -0.1) is 24.0 Å². The highest BCUT2D eigenvalue weighted by molar-refractivity contribution is 14.0. The van der Waals surface area contributed by atoms with Gasteiger partial charge >= 0.3 is 0 Å². The summed E-state index contributed by atoms with van der Waals surface area (Å²) >= 11 is 0. The standard InChI is InChI=1S/C16H25N3O.HI/c1-12-6-8-13(9-7-12)19-15(17)18-11-16(2)10-4-3-5-14(16)20;/h6-9,14,20H,3-5,10-11H2,1-2H3,(H3,17,18,19);1H. The Morgan fingerprint density at radius 2 is 2.05 bits per heavy atom. The highest BCUT2D eigenvalue weighted by Crippen LogP contribution is 2.36. The molecule has 1 aliphatic carbocycles. The highest BCUT2D eigenvalue weighted by Gasteiger charge is 2.35. The Balaban J connectivity index is 0.00000220. The number of aliphatic hydroxyl groups excluding tert-OH is 1. The first-order chi connectivity index (χ1) is 9.49. The molecule has 0 saturated heterocycles. The molecule has 118 valence electrons. The van der Waals surface area contributed by atoms with Crippen molar-refractivity contribution in [2.24, 2.45) is 16.1 Å². The molecule has 1 aliphatic rings. The zero-order chi connectivity index (χ0) is 14.6. The molecule has 4 N–H and O–H groups in total. The van der Waals surface area contributed by atoms with E-state index >= 15 is 0 Å². The third-order valence-corrected chi connectivity index (χ3v) is 4.21. The third-order valence-electron chi connectivity index (χ3n) is 4.21.